The van der Waals surface area contributed by atoms with Gasteiger partial charge >= 0.3 is 12.1 Å². The van der Waals surface area contributed by atoms with E-state index in [2.05, 4.69) is 10.4 Å². The second-order valence-electron chi connectivity index (χ2n) is 5.56. The van der Waals surface area contributed by atoms with Gasteiger partial charge in [0.15, 0.2) is 0 Å². The van der Waals surface area contributed by atoms with Gasteiger partial charge in [-0.15, -0.1) is 0 Å². The van der Waals surface area contributed by atoms with Crippen molar-refractivity contribution in [2.75, 3.05) is 11.9 Å². The van der Waals surface area contributed by atoms with Gasteiger partial charge in [0, 0.05) is 17.4 Å². The molecule has 3 aromatic rings. The number of ether oxygens (including phenoxy) is 1. The maximum atomic E-state index is 12.8. The van der Waals surface area contributed by atoms with Gasteiger partial charge in [-0.05, 0) is 37.3 Å². The molecule has 2 heterocycles. The van der Waals surface area contributed by atoms with Gasteiger partial charge in [0.05, 0.1) is 23.9 Å². The largest absolute Gasteiger partial charge is 0.462 e. The molecular weight excluding hydrogens is 363 g/mol. The molecule has 9 heteroatoms. The lowest BCUT2D eigenvalue weighted by molar-refractivity contribution is -0.137. The third-order valence-corrected chi connectivity index (χ3v) is 3.73. The van der Waals surface area contributed by atoms with Gasteiger partial charge in [0.25, 0.3) is 5.91 Å². The Bertz CT molecular complexity index is 1010. The van der Waals surface area contributed by atoms with Gasteiger partial charge in [0.1, 0.15) is 5.56 Å². The van der Waals surface area contributed by atoms with Crippen LogP contribution in [0.1, 0.15) is 33.2 Å². The minimum absolute atomic E-state index is 0.135. The van der Waals surface area contributed by atoms with Crippen molar-refractivity contribution < 1.29 is 27.5 Å². The summed E-state index contributed by atoms with van der Waals surface area (Å²) in [6.07, 6.45) is -1.69. The van der Waals surface area contributed by atoms with Crippen molar-refractivity contribution in [3.05, 3.63) is 65.5 Å². The van der Waals surface area contributed by atoms with Crippen molar-refractivity contribution in [2.45, 2.75) is 13.1 Å². The summed E-state index contributed by atoms with van der Waals surface area (Å²) in [5.74, 6) is -1.27. The molecule has 0 aliphatic rings. The zero-order chi connectivity index (χ0) is 19.6. The number of nitrogens with zero attached hydrogens (tertiary/aromatic N) is 2. The molecule has 140 valence electrons. The van der Waals surface area contributed by atoms with Gasteiger partial charge in [-0.2, -0.15) is 18.3 Å². The average molecular weight is 377 g/mol. The molecule has 0 saturated heterocycles. The van der Waals surface area contributed by atoms with E-state index in [-0.39, 0.29) is 17.7 Å². The fraction of sp³-hybridized carbons (Fsp3) is 0.167. The van der Waals surface area contributed by atoms with Crippen molar-refractivity contribution in [1.82, 2.24) is 9.61 Å². The molecule has 0 aliphatic carbocycles. The van der Waals surface area contributed by atoms with Crippen LogP contribution in [-0.2, 0) is 10.9 Å². The highest BCUT2D eigenvalue weighted by atomic mass is 19.4. The number of benzene rings is 1. The predicted octanol–water partition coefficient (Wildman–Crippen LogP) is 3.78. The summed E-state index contributed by atoms with van der Waals surface area (Å²) in [5.41, 5.74) is -0.131. The number of aromatic nitrogens is 2. The Hall–Kier alpha value is -3.36. The quantitative estimate of drug-likeness (QED) is 0.703. The van der Waals surface area contributed by atoms with Crippen LogP contribution in [0.25, 0.3) is 5.52 Å². The topological polar surface area (TPSA) is 72.7 Å². The van der Waals surface area contributed by atoms with Gasteiger partial charge < -0.3 is 10.1 Å². The van der Waals surface area contributed by atoms with Crippen LogP contribution < -0.4 is 5.32 Å². The summed E-state index contributed by atoms with van der Waals surface area (Å²) in [4.78, 5) is 24.2. The highest BCUT2D eigenvalue weighted by Gasteiger charge is 2.30. The number of pyridine rings is 1. The number of hydrogen-bond donors (Lipinski definition) is 1. The van der Waals surface area contributed by atoms with Gasteiger partial charge in [-0.25, -0.2) is 9.31 Å². The Kier molecular flexibility index (Phi) is 4.85. The molecule has 27 heavy (non-hydrogen) atoms. The van der Waals surface area contributed by atoms with E-state index in [9.17, 15) is 22.8 Å². The number of rotatable bonds is 4. The summed E-state index contributed by atoms with van der Waals surface area (Å²) < 4.78 is 44.8. The predicted molar refractivity (Wildman–Crippen MR) is 90.5 cm³/mol. The molecular formula is C18H14F3N3O3. The summed E-state index contributed by atoms with van der Waals surface area (Å²) in [6, 6.07) is 7.12. The van der Waals surface area contributed by atoms with E-state index in [0.717, 1.165) is 18.2 Å². The maximum absolute atomic E-state index is 12.8. The van der Waals surface area contributed by atoms with Crippen molar-refractivity contribution >= 4 is 23.1 Å². The van der Waals surface area contributed by atoms with Crippen LogP contribution >= 0.6 is 0 Å². The SMILES string of the molecule is CCOC(=O)c1cnn2ccc(NC(=O)c3cccc(C(F)(F)F)c3)cc12. The monoisotopic (exact) mass is 377 g/mol. The number of amides is 1. The van der Waals surface area contributed by atoms with Crippen LogP contribution in [0.5, 0.6) is 0 Å². The standard InChI is InChI=1S/C18H14F3N3O3/c1-2-27-17(26)14-10-22-24-7-6-13(9-15(14)24)23-16(25)11-4-3-5-12(8-11)18(19,20)21/h3-10H,2H2,1H3,(H,23,25). The first-order valence-electron chi connectivity index (χ1n) is 7.92. The normalized spacial score (nSPS) is 11.4. The zero-order valence-electron chi connectivity index (χ0n) is 14.1. The number of alkyl halides is 3. The molecule has 0 atom stereocenters. The van der Waals surface area contributed by atoms with E-state index in [0.29, 0.717) is 11.2 Å². The highest BCUT2D eigenvalue weighted by Crippen LogP contribution is 2.29. The molecule has 6 nitrogen and oxygen atoms in total. The number of fused-ring (bicyclic) bond motifs is 1. The molecule has 0 spiro atoms. The van der Waals surface area contributed by atoms with Gasteiger partial charge in [-0.3, -0.25) is 4.79 Å². The lowest BCUT2D eigenvalue weighted by Crippen LogP contribution is -2.14. The summed E-state index contributed by atoms with van der Waals surface area (Å²) in [6.45, 7) is 1.87. The molecule has 0 aliphatic heterocycles. The molecule has 2 aromatic heterocycles. The summed E-state index contributed by atoms with van der Waals surface area (Å²) >= 11 is 0. The fourth-order valence-corrected chi connectivity index (χ4v) is 2.46. The Labute approximate surface area is 151 Å². The van der Waals surface area contributed by atoms with Crippen LogP contribution in [-0.4, -0.2) is 28.1 Å². The Balaban J connectivity index is 1.87. The molecule has 1 N–H and O–H groups in total. The van der Waals surface area contributed by atoms with Gasteiger partial charge in [0.2, 0.25) is 0 Å². The maximum Gasteiger partial charge on any atom is 0.416 e. The van der Waals surface area contributed by atoms with Crippen molar-refractivity contribution in [3.8, 4) is 0 Å². The number of carbonyl (C=O) groups excluding carboxylic acids is 2. The molecule has 1 amide bonds. The summed E-state index contributed by atoms with van der Waals surface area (Å²) in [7, 11) is 0. The fourth-order valence-electron chi connectivity index (χ4n) is 2.46. The van der Waals surface area contributed by atoms with Crippen LogP contribution in [0.3, 0.4) is 0 Å². The van der Waals surface area contributed by atoms with Crippen LogP contribution in [0, 0.1) is 0 Å². The number of carbonyl (C=O) groups is 2. The molecule has 1 aromatic carbocycles. The summed E-state index contributed by atoms with van der Waals surface area (Å²) in [5, 5.41) is 6.53. The second-order valence-corrected chi connectivity index (χ2v) is 5.56. The number of anilines is 1. The highest BCUT2D eigenvalue weighted by molar-refractivity contribution is 6.05. The number of halogens is 3. The van der Waals surface area contributed by atoms with E-state index in [1.54, 1.807) is 6.92 Å². The molecule has 0 radical (unpaired) electrons. The lowest BCUT2D eigenvalue weighted by Gasteiger charge is -2.09. The minimum Gasteiger partial charge on any atom is -0.462 e. The third-order valence-electron chi connectivity index (χ3n) is 3.73. The average Bonchev–Trinajstić information content (AvgIpc) is 3.04. The first kappa shape index (κ1) is 18.4. The first-order chi connectivity index (χ1) is 12.8. The van der Waals surface area contributed by atoms with Crippen molar-refractivity contribution in [1.29, 1.82) is 0 Å². The minimum atomic E-state index is -4.54. The van der Waals surface area contributed by atoms with Crippen LogP contribution in [0.15, 0.2) is 48.8 Å². The number of esters is 1. The Morgan fingerprint density at radius 1 is 1.22 bits per heavy atom. The van der Waals surface area contributed by atoms with Crippen molar-refractivity contribution in [3.63, 3.8) is 0 Å². The van der Waals surface area contributed by atoms with E-state index < -0.39 is 23.6 Å². The Morgan fingerprint density at radius 2 is 2.00 bits per heavy atom. The van der Waals surface area contributed by atoms with E-state index in [1.807, 2.05) is 0 Å². The molecule has 3 rings (SSSR count). The lowest BCUT2D eigenvalue weighted by atomic mass is 10.1. The van der Waals surface area contributed by atoms with Gasteiger partial charge in [-0.1, -0.05) is 6.07 Å². The third kappa shape index (κ3) is 3.91. The van der Waals surface area contributed by atoms with E-state index in [4.69, 9.17) is 4.74 Å². The van der Waals surface area contributed by atoms with Crippen LogP contribution in [0.2, 0.25) is 0 Å². The molecule has 0 bridgehead atoms. The number of nitrogens with one attached hydrogen (secondary N) is 1. The molecule has 0 unspecified atom stereocenters. The van der Waals surface area contributed by atoms with E-state index >= 15 is 0 Å². The van der Waals surface area contributed by atoms with E-state index in [1.165, 1.54) is 35.1 Å². The molecule has 0 fully saturated rings. The first-order valence-corrected chi connectivity index (χ1v) is 7.92. The Morgan fingerprint density at radius 3 is 2.70 bits per heavy atom. The smallest absolute Gasteiger partial charge is 0.416 e. The molecule has 0 saturated carbocycles. The van der Waals surface area contributed by atoms with Crippen molar-refractivity contribution in [2.24, 2.45) is 0 Å². The van der Waals surface area contributed by atoms with Crippen LogP contribution in [0.4, 0.5) is 18.9 Å². The number of hydrogen-bond acceptors (Lipinski definition) is 4. The second kappa shape index (κ2) is 7.10. The zero-order valence-corrected chi connectivity index (χ0v) is 14.1.